The van der Waals surface area contributed by atoms with E-state index in [4.69, 9.17) is 9.47 Å². The Hall–Kier alpha value is -4.12. The molecule has 148 valence electrons. The standard InChI is InChI=1S/C25H19NO4/c27-26(28)22-10-16-25(17-11-22)30-24-14-8-21(9-15-24)20-6-12-23(13-7-20)29-18-19-4-2-1-3-5-19/h1-17H,18H2. The molecule has 4 aromatic carbocycles. The predicted octanol–water partition coefficient (Wildman–Crippen LogP) is 6.63. The highest BCUT2D eigenvalue weighted by molar-refractivity contribution is 5.65. The van der Waals surface area contributed by atoms with Gasteiger partial charge in [-0.2, -0.15) is 0 Å². The maximum atomic E-state index is 10.7. The van der Waals surface area contributed by atoms with Crippen molar-refractivity contribution in [3.63, 3.8) is 0 Å². The zero-order valence-corrected chi connectivity index (χ0v) is 16.1. The molecular weight excluding hydrogens is 378 g/mol. The summed E-state index contributed by atoms with van der Waals surface area (Å²) in [5.41, 5.74) is 3.30. The van der Waals surface area contributed by atoms with Gasteiger partial charge in [0.1, 0.15) is 23.9 Å². The van der Waals surface area contributed by atoms with Gasteiger partial charge in [-0.05, 0) is 53.1 Å². The van der Waals surface area contributed by atoms with Crippen molar-refractivity contribution in [2.45, 2.75) is 6.61 Å². The molecule has 0 saturated carbocycles. The first-order chi connectivity index (χ1) is 14.7. The van der Waals surface area contributed by atoms with E-state index >= 15 is 0 Å². The van der Waals surface area contributed by atoms with Crippen LogP contribution in [0.5, 0.6) is 17.2 Å². The molecule has 0 aliphatic heterocycles. The SMILES string of the molecule is O=[N+]([O-])c1ccc(Oc2ccc(-c3ccc(OCc4ccccc4)cc3)cc2)cc1. The van der Waals surface area contributed by atoms with Crippen molar-refractivity contribution in [2.24, 2.45) is 0 Å². The van der Waals surface area contributed by atoms with Crippen LogP contribution in [-0.2, 0) is 6.61 Å². The lowest BCUT2D eigenvalue weighted by Gasteiger charge is -2.09. The molecule has 0 unspecified atom stereocenters. The molecule has 0 N–H and O–H groups in total. The van der Waals surface area contributed by atoms with Gasteiger partial charge in [0.25, 0.3) is 5.69 Å². The number of rotatable bonds is 7. The highest BCUT2D eigenvalue weighted by Crippen LogP contribution is 2.28. The van der Waals surface area contributed by atoms with Crippen LogP contribution in [0.15, 0.2) is 103 Å². The summed E-state index contributed by atoms with van der Waals surface area (Å²) >= 11 is 0. The van der Waals surface area contributed by atoms with Gasteiger partial charge in [0, 0.05) is 12.1 Å². The zero-order chi connectivity index (χ0) is 20.8. The lowest BCUT2D eigenvalue weighted by molar-refractivity contribution is -0.384. The summed E-state index contributed by atoms with van der Waals surface area (Å²) in [6.45, 7) is 0.537. The minimum absolute atomic E-state index is 0.0360. The number of ether oxygens (including phenoxy) is 2. The third-order valence-electron chi connectivity index (χ3n) is 4.57. The Morgan fingerprint density at radius 2 is 1.13 bits per heavy atom. The van der Waals surface area contributed by atoms with Gasteiger partial charge in [0.05, 0.1) is 4.92 Å². The van der Waals surface area contributed by atoms with Gasteiger partial charge in [0.15, 0.2) is 0 Å². The Balaban J connectivity index is 1.38. The van der Waals surface area contributed by atoms with Crippen LogP contribution in [0.25, 0.3) is 11.1 Å². The van der Waals surface area contributed by atoms with E-state index in [-0.39, 0.29) is 5.69 Å². The fourth-order valence-electron chi connectivity index (χ4n) is 2.97. The molecule has 0 aromatic heterocycles. The second-order valence-electron chi connectivity index (χ2n) is 6.68. The summed E-state index contributed by atoms with van der Waals surface area (Å²) in [6.07, 6.45) is 0. The van der Waals surface area contributed by atoms with Gasteiger partial charge in [-0.1, -0.05) is 54.6 Å². The van der Waals surface area contributed by atoms with Gasteiger partial charge in [-0.15, -0.1) is 0 Å². The van der Waals surface area contributed by atoms with Crippen molar-refractivity contribution in [1.82, 2.24) is 0 Å². The quantitative estimate of drug-likeness (QED) is 0.259. The highest BCUT2D eigenvalue weighted by Gasteiger charge is 2.06. The van der Waals surface area contributed by atoms with Crippen LogP contribution in [0.4, 0.5) is 5.69 Å². The average Bonchev–Trinajstić information content (AvgIpc) is 2.80. The first-order valence-electron chi connectivity index (χ1n) is 9.47. The van der Waals surface area contributed by atoms with Gasteiger partial charge >= 0.3 is 0 Å². The first kappa shape index (κ1) is 19.2. The van der Waals surface area contributed by atoms with Gasteiger partial charge in [0.2, 0.25) is 0 Å². The van der Waals surface area contributed by atoms with Crippen molar-refractivity contribution in [1.29, 1.82) is 0 Å². The van der Waals surface area contributed by atoms with Gasteiger partial charge < -0.3 is 9.47 Å². The second-order valence-corrected chi connectivity index (χ2v) is 6.68. The molecule has 0 fully saturated rings. The van der Waals surface area contributed by atoms with Crippen LogP contribution in [-0.4, -0.2) is 4.92 Å². The molecule has 0 heterocycles. The Labute approximate surface area is 174 Å². The van der Waals surface area contributed by atoms with Crippen molar-refractivity contribution in [3.05, 3.63) is 119 Å². The number of benzene rings is 4. The lowest BCUT2D eigenvalue weighted by atomic mass is 10.1. The van der Waals surface area contributed by atoms with Crippen LogP contribution in [0.3, 0.4) is 0 Å². The Morgan fingerprint density at radius 3 is 1.67 bits per heavy atom. The van der Waals surface area contributed by atoms with E-state index in [9.17, 15) is 10.1 Å². The molecule has 5 nitrogen and oxygen atoms in total. The van der Waals surface area contributed by atoms with Gasteiger partial charge in [-0.3, -0.25) is 10.1 Å². The molecule has 4 aromatic rings. The van der Waals surface area contributed by atoms with E-state index in [0.717, 1.165) is 22.4 Å². The maximum absolute atomic E-state index is 10.7. The molecule has 0 spiro atoms. The fourth-order valence-corrected chi connectivity index (χ4v) is 2.97. The highest BCUT2D eigenvalue weighted by atomic mass is 16.6. The fraction of sp³-hybridized carbons (Fsp3) is 0.0400. The summed E-state index contributed by atoms with van der Waals surface area (Å²) < 4.78 is 11.6. The largest absolute Gasteiger partial charge is 0.489 e. The molecule has 0 bridgehead atoms. The number of non-ortho nitro benzene ring substituents is 1. The minimum Gasteiger partial charge on any atom is -0.489 e. The normalized spacial score (nSPS) is 10.4. The van der Waals surface area contributed by atoms with E-state index in [2.05, 4.69) is 0 Å². The van der Waals surface area contributed by atoms with Crippen molar-refractivity contribution in [3.8, 4) is 28.4 Å². The lowest BCUT2D eigenvalue weighted by Crippen LogP contribution is -1.94. The van der Waals surface area contributed by atoms with Crippen LogP contribution >= 0.6 is 0 Å². The van der Waals surface area contributed by atoms with Crippen LogP contribution < -0.4 is 9.47 Å². The number of nitro benzene ring substituents is 1. The molecule has 4 rings (SSSR count). The van der Waals surface area contributed by atoms with E-state index in [1.807, 2.05) is 78.9 Å². The monoisotopic (exact) mass is 397 g/mol. The molecular formula is C25H19NO4. The minimum atomic E-state index is -0.434. The van der Waals surface area contributed by atoms with Crippen molar-refractivity contribution < 1.29 is 14.4 Å². The van der Waals surface area contributed by atoms with Crippen LogP contribution in [0, 0.1) is 10.1 Å². The van der Waals surface area contributed by atoms with E-state index < -0.39 is 4.92 Å². The van der Waals surface area contributed by atoms with E-state index in [1.165, 1.54) is 12.1 Å². The summed E-state index contributed by atoms with van der Waals surface area (Å²) in [7, 11) is 0. The molecule has 0 atom stereocenters. The second kappa shape index (κ2) is 8.92. The molecule has 5 heteroatoms. The molecule has 0 amide bonds. The molecule has 0 saturated heterocycles. The summed E-state index contributed by atoms with van der Waals surface area (Å²) in [5, 5.41) is 10.7. The summed E-state index contributed by atoms with van der Waals surface area (Å²) in [6, 6.07) is 31.7. The Morgan fingerprint density at radius 1 is 0.633 bits per heavy atom. The number of nitrogens with zero attached hydrogens (tertiary/aromatic N) is 1. The molecule has 0 aliphatic rings. The summed E-state index contributed by atoms with van der Waals surface area (Å²) in [5.74, 6) is 2.03. The van der Waals surface area contributed by atoms with E-state index in [0.29, 0.717) is 18.1 Å². The Bertz CT molecular complexity index is 1110. The molecule has 0 aliphatic carbocycles. The smallest absolute Gasteiger partial charge is 0.269 e. The van der Waals surface area contributed by atoms with Crippen LogP contribution in [0.2, 0.25) is 0 Å². The third kappa shape index (κ3) is 4.83. The number of hydrogen-bond donors (Lipinski definition) is 0. The summed E-state index contributed by atoms with van der Waals surface area (Å²) in [4.78, 5) is 10.3. The van der Waals surface area contributed by atoms with Gasteiger partial charge in [-0.25, -0.2) is 0 Å². The van der Waals surface area contributed by atoms with Crippen LogP contribution in [0.1, 0.15) is 5.56 Å². The Kier molecular flexibility index (Phi) is 5.71. The third-order valence-corrected chi connectivity index (χ3v) is 4.57. The maximum Gasteiger partial charge on any atom is 0.269 e. The first-order valence-corrected chi connectivity index (χ1v) is 9.47. The van der Waals surface area contributed by atoms with E-state index in [1.54, 1.807) is 12.1 Å². The number of nitro groups is 1. The molecule has 30 heavy (non-hydrogen) atoms. The molecule has 0 radical (unpaired) electrons. The average molecular weight is 397 g/mol. The zero-order valence-electron chi connectivity index (χ0n) is 16.1. The van der Waals surface area contributed by atoms with Crippen molar-refractivity contribution >= 4 is 5.69 Å². The predicted molar refractivity (Wildman–Crippen MR) is 116 cm³/mol. The topological polar surface area (TPSA) is 61.6 Å². The number of hydrogen-bond acceptors (Lipinski definition) is 4. The van der Waals surface area contributed by atoms with Crippen molar-refractivity contribution in [2.75, 3.05) is 0 Å².